The van der Waals surface area contributed by atoms with Gasteiger partial charge in [-0.05, 0) is 25.5 Å². The zero-order valence-corrected chi connectivity index (χ0v) is 11.7. The highest BCUT2D eigenvalue weighted by atomic mass is 16.5. The van der Waals surface area contributed by atoms with Gasteiger partial charge in [-0.3, -0.25) is 4.79 Å². The highest BCUT2D eigenvalue weighted by Crippen LogP contribution is 2.25. The minimum atomic E-state index is -0.142. The molecular weight excluding hydrogens is 244 g/mol. The predicted molar refractivity (Wildman–Crippen MR) is 75.4 cm³/mol. The highest BCUT2D eigenvalue weighted by molar-refractivity contribution is 5.78. The largest absolute Gasteiger partial charge is 0.497 e. The minimum Gasteiger partial charge on any atom is -0.497 e. The quantitative estimate of drug-likeness (QED) is 0.740. The van der Waals surface area contributed by atoms with E-state index in [-0.39, 0.29) is 18.6 Å². The summed E-state index contributed by atoms with van der Waals surface area (Å²) < 4.78 is 10.4. The van der Waals surface area contributed by atoms with E-state index in [1.165, 1.54) is 0 Å². The lowest BCUT2D eigenvalue weighted by molar-refractivity contribution is -0.123. The third-order valence-electron chi connectivity index (χ3n) is 2.70. The summed E-state index contributed by atoms with van der Waals surface area (Å²) in [6.45, 7) is 4.02. The standard InChI is InChI=1S/C14H22N2O3/c1-4-5-10(2)16-14(17)9-19-13-7-6-11(18-3)8-12(13)15/h6-8,10H,4-5,9,15H2,1-3H3,(H,16,17). The number of ether oxygens (including phenoxy) is 2. The molecule has 1 aromatic carbocycles. The summed E-state index contributed by atoms with van der Waals surface area (Å²) in [5.41, 5.74) is 6.25. The number of carbonyl (C=O) groups excluding carboxylic acids is 1. The van der Waals surface area contributed by atoms with E-state index in [9.17, 15) is 4.79 Å². The summed E-state index contributed by atoms with van der Waals surface area (Å²) in [6, 6.07) is 5.25. The minimum absolute atomic E-state index is 0.0371. The van der Waals surface area contributed by atoms with Crippen molar-refractivity contribution >= 4 is 11.6 Å². The molecule has 1 aromatic rings. The Morgan fingerprint density at radius 2 is 2.21 bits per heavy atom. The van der Waals surface area contributed by atoms with E-state index in [1.807, 2.05) is 6.92 Å². The first-order valence-corrected chi connectivity index (χ1v) is 6.42. The van der Waals surface area contributed by atoms with Gasteiger partial charge in [0.1, 0.15) is 11.5 Å². The van der Waals surface area contributed by atoms with E-state index in [0.717, 1.165) is 12.8 Å². The van der Waals surface area contributed by atoms with Crippen molar-refractivity contribution in [2.75, 3.05) is 19.5 Å². The predicted octanol–water partition coefficient (Wildman–Crippen LogP) is 1.96. The number of amides is 1. The second-order valence-corrected chi connectivity index (χ2v) is 4.45. The van der Waals surface area contributed by atoms with Crippen LogP contribution in [0.5, 0.6) is 11.5 Å². The molecule has 1 amide bonds. The van der Waals surface area contributed by atoms with E-state index in [0.29, 0.717) is 17.2 Å². The molecule has 0 bridgehead atoms. The fraction of sp³-hybridized carbons (Fsp3) is 0.500. The summed E-state index contributed by atoms with van der Waals surface area (Å²) in [7, 11) is 1.57. The molecule has 1 unspecified atom stereocenters. The molecule has 19 heavy (non-hydrogen) atoms. The first-order valence-electron chi connectivity index (χ1n) is 6.42. The molecule has 0 aliphatic rings. The third-order valence-corrected chi connectivity index (χ3v) is 2.70. The molecule has 5 heteroatoms. The molecule has 0 radical (unpaired) electrons. The fourth-order valence-electron chi connectivity index (χ4n) is 1.75. The fourth-order valence-corrected chi connectivity index (χ4v) is 1.75. The van der Waals surface area contributed by atoms with Gasteiger partial charge < -0.3 is 20.5 Å². The summed E-state index contributed by atoms with van der Waals surface area (Å²) >= 11 is 0. The first-order chi connectivity index (χ1) is 9.06. The summed E-state index contributed by atoms with van der Waals surface area (Å²) in [5.74, 6) is 1.00. The third kappa shape index (κ3) is 5.07. The van der Waals surface area contributed by atoms with Crippen molar-refractivity contribution < 1.29 is 14.3 Å². The second kappa shape index (κ2) is 7.51. The number of nitrogens with two attached hydrogens (primary N) is 1. The van der Waals surface area contributed by atoms with Crippen molar-refractivity contribution in [1.82, 2.24) is 5.32 Å². The van der Waals surface area contributed by atoms with Crippen molar-refractivity contribution in [2.45, 2.75) is 32.7 Å². The van der Waals surface area contributed by atoms with E-state index in [2.05, 4.69) is 12.2 Å². The van der Waals surface area contributed by atoms with Gasteiger partial charge in [-0.15, -0.1) is 0 Å². The molecule has 5 nitrogen and oxygen atoms in total. The van der Waals surface area contributed by atoms with Gasteiger partial charge in [0.15, 0.2) is 6.61 Å². The number of anilines is 1. The number of rotatable bonds is 7. The van der Waals surface area contributed by atoms with Gasteiger partial charge in [0.25, 0.3) is 5.91 Å². The Kier molecular flexibility index (Phi) is 5.99. The van der Waals surface area contributed by atoms with E-state index < -0.39 is 0 Å². The zero-order valence-electron chi connectivity index (χ0n) is 11.7. The molecule has 0 saturated heterocycles. The van der Waals surface area contributed by atoms with Crippen LogP contribution in [-0.2, 0) is 4.79 Å². The number of nitrogens with one attached hydrogen (secondary N) is 1. The Balaban J connectivity index is 2.46. The first kappa shape index (κ1) is 15.1. The maximum atomic E-state index is 11.6. The second-order valence-electron chi connectivity index (χ2n) is 4.45. The molecule has 0 aromatic heterocycles. The molecular formula is C14H22N2O3. The Hall–Kier alpha value is -1.91. The monoisotopic (exact) mass is 266 g/mol. The zero-order chi connectivity index (χ0) is 14.3. The van der Waals surface area contributed by atoms with Gasteiger partial charge >= 0.3 is 0 Å². The molecule has 1 atom stereocenters. The van der Waals surface area contributed by atoms with E-state index in [1.54, 1.807) is 25.3 Å². The molecule has 1 rings (SSSR count). The van der Waals surface area contributed by atoms with Crippen LogP contribution in [0.1, 0.15) is 26.7 Å². The van der Waals surface area contributed by atoms with Crippen LogP contribution in [-0.4, -0.2) is 25.7 Å². The SMILES string of the molecule is CCCC(C)NC(=O)COc1ccc(OC)cc1N. The summed E-state index contributed by atoms with van der Waals surface area (Å²) in [6.07, 6.45) is 1.99. The van der Waals surface area contributed by atoms with E-state index in [4.69, 9.17) is 15.2 Å². The van der Waals surface area contributed by atoms with Crippen molar-refractivity contribution in [3.05, 3.63) is 18.2 Å². The normalized spacial score (nSPS) is 11.7. The lowest BCUT2D eigenvalue weighted by Gasteiger charge is -2.14. The molecule has 0 heterocycles. The molecule has 0 saturated carbocycles. The average Bonchev–Trinajstić information content (AvgIpc) is 2.37. The number of hydrogen-bond donors (Lipinski definition) is 2. The molecule has 0 fully saturated rings. The molecule has 106 valence electrons. The van der Waals surface area contributed by atoms with Crippen molar-refractivity contribution in [3.63, 3.8) is 0 Å². The molecule has 3 N–H and O–H groups in total. The van der Waals surface area contributed by atoms with Crippen LogP contribution < -0.4 is 20.5 Å². The van der Waals surface area contributed by atoms with Crippen molar-refractivity contribution in [1.29, 1.82) is 0 Å². The lowest BCUT2D eigenvalue weighted by atomic mass is 10.2. The van der Waals surface area contributed by atoms with Gasteiger partial charge in [-0.1, -0.05) is 13.3 Å². The van der Waals surface area contributed by atoms with Crippen LogP contribution in [0, 0.1) is 0 Å². The lowest BCUT2D eigenvalue weighted by Crippen LogP contribution is -2.36. The molecule has 0 spiro atoms. The van der Waals surface area contributed by atoms with Crippen LogP contribution in [0.15, 0.2) is 18.2 Å². The van der Waals surface area contributed by atoms with Gasteiger partial charge in [-0.25, -0.2) is 0 Å². The van der Waals surface area contributed by atoms with Gasteiger partial charge in [-0.2, -0.15) is 0 Å². The highest BCUT2D eigenvalue weighted by Gasteiger charge is 2.09. The van der Waals surface area contributed by atoms with Gasteiger partial charge in [0.2, 0.25) is 0 Å². The van der Waals surface area contributed by atoms with E-state index >= 15 is 0 Å². The van der Waals surface area contributed by atoms with Crippen molar-refractivity contribution in [2.24, 2.45) is 0 Å². The average molecular weight is 266 g/mol. The van der Waals surface area contributed by atoms with Crippen LogP contribution in [0.3, 0.4) is 0 Å². The molecule has 0 aliphatic carbocycles. The summed E-state index contributed by atoms with van der Waals surface area (Å²) in [5, 5.41) is 2.86. The number of benzene rings is 1. The van der Waals surface area contributed by atoms with Gasteiger partial charge in [0, 0.05) is 12.1 Å². The van der Waals surface area contributed by atoms with Crippen LogP contribution in [0.25, 0.3) is 0 Å². The smallest absolute Gasteiger partial charge is 0.258 e. The maximum absolute atomic E-state index is 11.6. The Morgan fingerprint density at radius 3 is 2.79 bits per heavy atom. The Morgan fingerprint density at radius 1 is 1.47 bits per heavy atom. The van der Waals surface area contributed by atoms with Gasteiger partial charge in [0.05, 0.1) is 12.8 Å². The summed E-state index contributed by atoms with van der Waals surface area (Å²) in [4.78, 5) is 11.6. The molecule has 0 aliphatic heterocycles. The maximum Gasteiger partial charge on any atom is 0.258 e. The van der Waals surface area contributed by atoms with Crippen LogP contribution in [0.4, 0.5) is 5.69 Å². The number of nitrogen functional groups attached to an aromatic ring is 1. The number of methoxy groups -OCH3 is 1. The number of carbonyl (C=O) groups is 1. The topological polar surface area (TPSA) is 73.6 Å². The Labute approximate surface area is 114 Å². The van der Waals surface area contributed by atoms with Crippen LogP contribution in [0.2, 0.25) is 0 Å². The van der Waals surface area contributed by atoms with Crippen molar-refractivity contribution in [3.8, 4) is 11.5 Å². The Bertz CT molecular complexity index is 421. The van der Waals surface area contributed by atoms with Crippen LogP contribution >= 0.6 is 0 Å². The number of hydrogen-bond acceptors (Lipinski definition) is 4.